The summed E-state index contributed by atoms with van der Waals surface area (Å²) in [5.74, 6) is 0.882. The van der Waals surface area contributed by atoms with E-state index < -0.39 is 0 Å². The van der Waals surface area contributed by atoms with Gasteiger partial charge in [0.15, 0.2) is 0 Å². The highest BCUT2D eigenvalue weighted by Gasteiger charge is 2.25. The summed E-state index contributed by atoms with van der Waals surface area (Å²) in [4.78, 5) is 0. The van der Waals surface area contributed by atoms with Crippen molar-refractivity contribution in [2.75, 3.05) is 0 Å². The fraction of sp³-hybridized carbons (Fsp3) is 0.800. The normalized spacial score (nSPS) is 17.1. The predicted molar refractivity (Wildman–Crippen MR) is 75.7 cm³/mol. The molecule has 1 fully saturated rings. The first-order chi connectivity index (χ1) is 8.69. The second-order valence-electron chi connectivity index (χ2n) is 5.58. The van der Waals surface area contributed by atoms with Crippen LogP contribution in [0.1, 0.15) is 57.0 Å². The van der Waals surface area contributed by atoms with Crippen LogP contribution in [0.15, 0.2) is 0 Å². The second-order valence-corrected chi connectivity index (χ2v) is 5.58. The summed E-state index contributed by atoms with van der Waals surface area (Å²) >= 11 is 0. The van der Waals surface area contributed by atoms with Crippen molar-refractivity contribution in [2.45, 2.75) is 71.9 Å². The molecule has 0 aromatic carbocycles. The summed E-state index contributed by atoms with van der Waals surface area (Å²) in [5.41, 5.74) is 10.3. The van der Waals surface area contributed by atoms with Gasteiger partial charge in [-0.1, -0.05) is 20.8 Å². The lowest BCUT2D eigenvalue weighted by molar-refractivity contribution is 0.535. The average Bonchev–Trinajstić information content (AvgIpc) is 3.12. The second kappa shape index (κ2) is 5.87. The highest BCUT2D eigenvalue weighted by Crippen LogP contribution is 2.31. The number of rotatable bonds is 7. The number of aryl methyl sites for hydroxylation is 1. The summed E-state index contributed by atoms with van der Waals surface area (Å²) in [6, 6.07) is 0.277. The van der Waals surface area contributed by atoms with E-state index in [1.807, 2.05) is 0 Å². The van der Waals surface area contributed by atoms with Crippen LogP contribution < -0.4 is 5.73 Å². The first-order valence-electron chi connectivity index (χ1n) is 7.52. The van der Waals surface area contributed by atoms with Crippen molar-refractivity contribution in [1.82, 2.24) is 9.78 Å². The van der Waals surface area contributed by atoms with Crippen LogP contribution in [0.4, 0.5) is 0 Å². The van der Waals surface area contributed by atoms with Crippen molar-refractivity contribution in [3.05, 3.63) is 17.0 Å². The van der Waals surface area contributed by atoms with Gasteiger partial charge in [0, 0.05) is 18.3 Å². The van der Waals surface area contributed by atoms with Gasteiger partial charge in [-0.05, 0) is 50.0 Å². The van der Waals surface area contributed by atoms with Crippen LogP contribution in [0.5, 0.6) is 0 Å². The van der Waals surface area contributed by atoms with Crippen LogP contribution in [0.25, 0.3) is 0 Å². The molecule has 1 aromatic heterocycles. The lowest BCUT2D eigenvalue weighted by Gasteiger charge is -2.11. The monoisotopic (exact) mass is 249 g/mol. The van der Waals surface area contributed by atoms with Gasteiger partial charge in [-0.2, -0.15) is 5.10 Å². The molecule has 0 spiro atoms. The Morgan fingerprint density at radius 3 is 2.50 bits per heavy atom. The molecule has 18 heavy (non-hydrogen) atoms. The molecule has 1 aliphatic carbocycles. The van der Waals surface area contributed by atoms with Gasteiger partial charge < -0.3 is 5.73 Å². The average molecular weight is 249 g/mol. The van der Waals surface area contributed by atoms with Crippen LogP contribution in [0, 0.1) is 5.92 Å². The quantitative estimate of drug-likeness (QED) is 0.807. The zero-order valence-corrected chi connectivity index (χ0v) is 12.1. The van der Waals surface area contributed by atoms with Crippen LogP contribution >= 0.6 is 0 Å². The summed E-state index contributed by atoms with van der Waals surface area (Å²) in [5, 5.41) is 4.83. The summed E-state index contributed by atoms with van der Waals surface area (Å²) in [7, 11) is 0. The minimum Gasteiger partial charge on any atom is -0.327 e. The first-order valence-corrected chi connectivity index (χ1v) is 7.52. The van der Waals surface area contributed by atoms with Crippen LogP contribution in [-0.2, 0) is 25.8 Å². The zero-order chi connectivity index (χ0) is 13.1. The van der Waals surface area contributed by atoms with Gasteiger partial charge in [0.05, 0.1) is 5.69 Å². The Morgan fingerprint density at radius 1 is 1.28 bits per heavy atom. The molecule has 102 valence electrons. The Labute approximate surface area is 111 Å². The van der Waals surface area contributed by atoms with Gasteiger partial charge >= 0.3 is 0 Å². The molecule has 0 aliphatic heterocycles. The Kier molecular flexibility index (Phi) is 4.44. The van der Waals surface area contributed by atoms with Crippen molar-refractivity contribution in [1.29, 1.82) is 0 Å². The molecule has 1 aromatic rings. The molecule has 0 bridgehead atoms. The third-order valence-corrected chi connectivity index (χ3v) is 4.04. The maximum atomic E-state index is 6.14. The third-order valence-electron chi connectivity index (χ3n) is 4.04. The molecule has 0 radical (unpaired) electrons. The molecule has 2 N–H and O–H groups in total. The van der Waals surface area contributed by atoms with Gasteiger partial charge in [0.2, 0.25) is 0 Å². The zero-order valence-electron chi connectivity index (χ0n) is 12.1. The van der Waals surface area contributed by atoms with Gasteiger partial charge in [-0.3, -0.25) is 4.68 Å². The molecule has 0 amide bonds. The molecular weight excluding hydrogens is 222 g/mol. The van der Waals surface area contributed by atoms with Crippen molar-refractivity contribution < 1.29 is 0 Å². The number of hydrogen-bond acceptors (Lipinski definition) is 2. The van der Waals surface area contributed by atoms with Gasteiger partial charge in [0.1, 0.15) is 0 Å². The number of nitrogens with zero attached hydrogens (tertiary/aromatic N) is 2. The van der Waals surface area contributed by atoms with E-state index in [4.69, 9.17) is 10.8 Å². The lowest BCUT2D eigenvalue weighted by atomic mass is 10.00. The van der Waals surface area contributed by atoms with E-state index in [0.29, 0.717) is 0 Å². The summed E-state index contributed by atoms with van der Waals surface area (Å²) in [6.45, 7) is 7.72. The molecule has 1 heterocycles. The van der Waals surface area contributed by atoms with Crippen LogP contribution in [0.2, 0.25) is 0 Å². The van der Waals surface area contributed by atoms with E-state index in [1.165, 1.54) is 29.8 Å². The summed E-state index contributed by atoms with van der Waals surface area (Å²) in [6.07, 6.45) is 6.90. The largest absolute Gasteiger partial charge is 0.327 e. The highest BCUT2D eigenvalue weighted by atomic mass is 15.3. The van der Waals surface area contributed by atoms with Crippen molar-refractivity contribution in [3.63, 3.8) is 0 Å². The number of hydrogen-bond donors (Lipinski definition) is 1. The van der Waals surface area contributed by atoms with E-state index in [0.717, 1.165) is 38.1 Å². The summed E-state index contributed by atoms with van der Waals surface area (Å²) < 4.78 is 2.27. The van der Waals surface area contributed by atoms with E-state index in [2.05, 4.69) is 25.5 Å². The minimum absolute atomic E-state index is 0.277. The van der Waals surface area contributed by atoms with Crippen molar-refractivity contribution in [2.24, 2.45) is 11.7 Å². The van der Waals surface area contributed by atoms with E-state index in [9.17, 15) is 0 Å². The van der Waals surface area contributed by atoms with Crippen LogP contribution in [0.3, 0.4) is 0 Å². The maximum absolute atomic E-state index is 6.14. The SMILES string of the molecule is CCc1nn(CC2CC2)c(CC)c1CC(N)CC. The third kappa shape index (κ3) is 2.94. The first kappa shape index (κ1) is 13.6. The Bertz CT molecular complexity index is 391. The number of aromatic nitrogens is 2. The smallest absolute Gasteiger partial charge is 0.0657 e. The molecule has 2 rings (SSSR count). The molecular formula is C15H27N3. The fourth-order valence-electron chi connectivity index (χ4n) is 2.61. The van der Waals surface area contributed by atoms with Gasteiger partial charge in [-0.25, -0.2) is 0 Å². The van der Waals surface area contributed by atoms with Crippen LogP contribution in [-0.4, -0.2) is 15.8 Å². The van der Waals surface area contributed by atoms with E-state index in [1.54, 1.807) is 0 Å². The molecule has 1 aliphatic rings. The standard InChI is InChI=1S/C15H27N3/c1-4-12(16)9-13-14(5-2)17-18(15(13)6-3)10-11-7-8-11/h11-12H,4-10,16H2,1-3H3. The Hall–Kier alpha value is -0.830. The molecule has 3 nitrogen and oxygen atoms in total. The van der Waals surface area contributed by atoms with E-state index >= 15 is 0 Å². The van der Waals surface area contributed by atoms with Gasteiger partial charge in [0.25, 0.3) is 0 Å². The Balaban J connectivity index is 2.25. The van der Waals surface area contributed by atoms with Crippen molar-refractivity contribution in [3.8, 4) is 0 Å². The number of nitrogens with two attached hydrogens (primary N) is 1. The van der Waals surface area contributed by atoms with Crippen molar-refractivity contribution >= 4 is 0 Å². The Morgan fingerprint density at radius 2 is 2.00 bits per heavy atom. The highest BCUT2D eigenvalue weighted by molar-refractivity contribution is 5.28. The maximum Gasteiger partial charge on any atom is 0.0657 e. The van der Waals surface area contributed by atoms with Gasteiger partial charge in [-0.15, -0.1) is 0 Å². The van der Waals surface area contributed by atoms with E-state index in [-0.39, 0.29) is 6.04 Å². The minimum atomic E-state index is 0.277. The molecule has 1 unspecified atom stereocenters. The predicted octanol–water partition coefficient (Wildman–Crippen LogP) is 2.70. The fourth-order valence-corrected chi connectivity index (χ4v) is 2.61. The molecule has 0 saturated heterocycles. The lowest BCUT2D eigenvalue weighted by Crippen LogP contribution is -2.22. The molecule has 3 heteroatoms. The topological polar surface area (TPSA) is 43.8 Å². The molecule has 1 atom stereocenters. The molecule has 1 saturated carbocycles.